The van der Waals surface area contributed by atoms with Crippen molar-refractivity contribution in [3.8, 4) is 5.69 Å². The normalized spacial score (nSPS) is 12.4. The number of H-pyrrole nitrogens is 1. The molecular weight excluding hydrogens is 545 g/mol. The average molecular weight is 565 g/mol. The molecule has 3 heterocycles. The predicted octanol–water partition coefficient (Wildman–Crippen LogP) is 5.08. The lowest BCUT2D eigenvalue weighted by Crippen LogP contribution is -2.19. The molecule has 3 N–H and O–H groups in total. The van der Waals surface area contributed by atoms with Crippen molar-refractivity contribution in [2.24, 2.45) is 0 Å². The van der Waals surface area contributed by atoms with Crippen LogP contribution in [0.2, 0.25) is 0 Å². The number of anilines is 1. The first-order valence-electron chi connectivity index (χ1n) is 11.8. The molecular formula is C27H19F3N6O3S. The zero-order chi connectivity index (χ0) is 28.4. The molecule has 6 aromatic rings. The molecule has 0 saturated heterocycles. The minimum absolute atomic E-state index is 0.00250. The summed E-state index contributed by atoms with van der Waals surface area (Å²) in [4.78, 5) is 19.6. The van der Waals surface area contributed by atoms with Crippen molar-refractivity contribution in [2.45, 2.75) is 18.0 Å². The summed E-state index contributed by atoms with van der Waals surface area (Å²) in [6.45, 7) is 1.83. The number of benzene rings is 3. The molecule has 0 aliphatic heterocycles. The minimum Gasteiger partial charge on any atom is -0.383 e. The SMILES string of the molecule is Cc1ccc(S(=O)(=O)n2c(C(=O)c3cnn(-c4ccc5[nH]c(C(F)(F)F)nc5c4)c3N)cc3ccccc32)cc1. The molecule has 0 radical (unpaired) electrons. The topological polar surface area (TPSA) is 129 Å². The van der Waals surface area contributed by atoms with Crippen LogP contribution in [0.4, 0.5) is 19.0 Å². The molecule has 0 amide bonds. The van der Waals surface area contributed by atoms with Gasteiger partial charge in [-0.05, 0) is 49.4 Å². The fraction of sp³-hybridized carbons (Fsp3) is 0.0741. The van der Waals surface area contributed by atoms with Crippen LogP contribution in [0.15, 0.2) is 83.9 Å². The summed E-state index contributed by atoms with van der Waals surface area (Å²) in [6.07, 6.45) is -3.46. The number of rotatable bonds is 5. The third-order valence-electron chi connectivity index (χ3n) is 6.49. The minimum atomic E-state index is -4.65. The number of hydrogen-bond donors (Lipinski definition) is 2. The number of alkyl halides is 3. The van der Waals surface area contributed by atoms with Crippen LogP contribution in [0.25, 0.3) is 27.6 Å². The van der Waals surface area contributed by atoms with E-state index in [0.717, 1.165) is 9.54 Å². The lowest BCUT2D eigenvalue weighted by Gasteiger charge is -2.12. The molecule has 13 heteroatoms. The molecule has 9 nitrogen and oxygen atoms in total. The Kier molecular flexibility index (Phi) is 5.59. The monoisotopic (exact) mass is 564 g/mol. The number of aromatic amines is 1. The highest BCUT2D eigenvalue weighted by molar-refractivity contribution is 7.90. The number of aromatic nitrogens is 5. The second-order valence-electron chi connectivity index (χ2n) is 9.14. The van der Waals surface area contributed by atoms with E-state index in [2.05, 4.69) is 15.1 Å². The third kappa shape index (κ3) is 4.02. The molecule has 40 heavy (non-hydrogen) atoms. The number of nitrogens with zero attached hydrogens (tertiary/aromatic N) is 4. The summed E-state index contributed by atoms with van der Waals surface area (Å²) >= 11 is 0. The van der Waals surface area contributed by atoms with E-state index in [-0.39, 0.29) is 38.7 Å². The van der Waals surface area contributed by atoms with Crippen molar-refractivity contribution in [1.29, 1.82) is 0 Å². The maximum Gasteiger partial charge on any atom is 0.449 e. The average Bonchev–Trinajstić information content (AvgIpc) is 3.62. The van der Waals surface area contributed by atoms with Crippen molar-refractivity contribution in [3.05, 3.63) is 102 Å². The van der Waals surface area contributed by atoms with E-state index in [4.69, 9.17) is 5.73 Å². The van der Waals surface area contributed by atoms with Gasteiger partial charge in [0.05, 0.1) is 38.9 Å². The van der Waals surface area contributed by atoms with Crippen LogP contribution in [0.3, 0.4) is 0 Å². The Balaban J connectivity index is 1.46. The number of ketones is 1. The number of nitrogens with two attached hydrogens (primary N) is 1. The molecule has 0 fully saturated rings. The summed E-state index contributed by atoms with van der Waals surface area (Å²) in [5.41, 5.74) is 7.68. The molecule has 0 bridgehead atoms. The Bertz CT molecular complexity index is 2060. The van der Waals surface area contributed by atoms with Crippen molar-refractivity contribution in [1.82, 2.24) is 23.7 Å². The van der Waals surface area contributed by atoms with Crippen LogP contribution in [-0.4, -0.2) is 37.9 Å². The molecule has 202 valence electrons. The molecule has 0 aliphatic rings. The van der Waals surface area contributed by atoms with Crippen molar-refractivity contribution in [2.75, 3.05) is 5.73 Å². The highest BCUT2D eigenvalue weighted by Gasteiger charge is 2.35. The number of fused-ring (bicyclic) bond motifs is 2. The smallest absolute Gasteiger partial charge is 0.383 e. The molecule has 0 spiro atoms. The number of nitrogen functional groups attached to an aromatic ring is 1. The number of aryl methyl sites for hydroxylation is 1. The molecule has 6 rings (SSSR count). The lowest BCUT2D eigenvalue weighted by atomic mass is 10.1. The van der Waals surface area contributed by atoms with E-state index in [0.29, 0.717) is 10.9 Å². The fourth-order valence-corrected chi connectivity index (χ4v) is 6.01. The molecule has 0 saturated carbocycles. The summed E-state index contributed by atoms with van der Waals surface area (Å²) in [5.74, 6) is -1.97. The van der Waals surface area contributed by atoms with Gasteiger partial charge in [-0.2, -0.15) is 18.3 Å². The second-order valence-corrected chi connectivity index (χ2v) is 10.9. The van der Waals surface area contributed by atoms with E-state index in [1.54, 1.807) is 36.4 Å². The van der Waals surface area contributed by atoms with Crippen molar-refractivity contribution in [3.63, 3.8) is 0 Å². The number of hydrogen-bond acceptors (Lipinski definition) is 6. The Hall–Kier alpha value is -4.91. The van der Waals surface area contributed by atoms with Gasteiger partial charge < -0.3 is 10.7 Å². The van der Waals surface area contributed by atoms with Crippen molar-refractivity contribution < 1.29 is 26.4 Å². The number of para-hydroxylation sites is 1. The molecule has 0 atom stereocenters. The fourth-order valence-electron chi connectivity index (χ4n) is 4.50. The summed E-state index contributed by atoms with van der Waals surface area (Å²) in [7, 11) is -4.19. The number of carbonyl (C=O) groups is 1. The van der Waals surface area contributed by atoms with E-state index >= 15 is 0 Å². The summed E-state index contributed by atoms with van der Waals surface area (Å²) < 4.78 is 68.9. The van der Waals surface area contributed by atoms with E-state index in [1.807, 2.05) is 6.92 Å². The van der Waals surface area contributed by atoms with Crippen LogP contribution in [0.5, 0.6) is 0 Å². The van der Waals surface area contributed by atoms with Gasteiger partial charge in [-0.3, -0.25) is 4.79 Å². The van der Waals surface area contributed by atoms with Gasteiger partial charge in [0.1, 0.15) is 11.5 Å². The number of nitrogens with one attached hydrogen (secondary N) is 1. The first kappa shape index (κ1) is 25.4. The van der Waals surface area contributed by atoms with E-state index < -0.39 is 27.8 Å². The van der Waals surface area contributed by atoms with Gasteiger partial charge in [-0.1, -0.05) is 35.9 Å². The highest BCUT2D eigenvalue weighted by Crippen LogP contribution is 2.31. The largest absolute Gasteiger partial charge is 0.449 e. The zero-order valence-electron chi connectivity index (χ0n) is 20.6. The van der Waals surface area contributed by atoms with Crippen LogP contribution >= 0.6 is 0 Å². The Morgan fingerprint density at radius 2 is 1.73 bits per heavy atom. The van der Waals surface area contributed by atoms with Gasteiger partial charge in [0, 0.05) is 5.39 Å². The Morgan fingerprint density at radius 3 is 2.45 bits per heavy atom. The maximum absolute atomic E-state index is 13.8. The van der Waals surface area contributed by atoms with Gasteiger partial charge in [0.15, 0.2) is 0 Å². The summed E-state index contributed by atoms with van der Waals surface area (Å²) in [6, 6.07) is 18.6. The first-order valence-corrected chi connectivity index (χ1v) is 13.3. The lowest BCUT2D eigenvalue weighted by molar-refractivity contribution is -0.144. The van der Waals surface area contributed by atoms with E-state index in [9.17, 15) is 26.4 Å². The number of halogens is 3. The number of imidazole rings is 1. The quantitative estimate of drug-likeness (QED) is 0.281. The van der Waals surface area contributed by atoms with Crippen LogP contribution in [0.1, 0.15) is 27.4 Å². The molecule has 0 unspecified atom stereocenters. The molecule has 3 aromatic heterocycles. The molecule has 3 aromatic carbocycles. The van der Waals surface area contributed by atoms with Gasteiger partial charge in [0.25, 0.3) is 10.0 Å². The first-order chi connectivity index (χ1) is 18.9. The Morgan fingerprint density at radius 1 is 1.00 bits per heavy atom. The van der Waals surface area contributed by atoms with Gasteiger partial charge in [-0.25, -0.2) is 22.1 Å². The summed E-state index contributed by atoms with van der Waals surface area (Å²) in [5, 5.41) is 4.69. The maximum atomic E-state index is 13.8. The third-order valence-corrected chi connectivity index (χ3v) is 8.23. The molecule has 0 aliphatic carbocycles. The van der Waals surface area contributed by atoms with Gasteiger partial charge in [-0.15, -0.1) is 0 Å². The second kappa shape index (κ2) is 8.81. The van der Waals surface area contributed by atoms with Crippen LogP contribution in [0, 0.1) is 6.92 Å². The van der Waals surface area contributed by atoms with E-state index in [1.165, 1.54) is 47.3 Å². The van der Waals surface area contributed by atoms with Crippen LogP contribution in [-0.2, 0) is 16.2 Å². The number of carbonyl (C=O) groups excluding carboxylic acids is 1. The predicted molar refractivity (Wildman–Crippen MR) is 142 cm³/mol. The Labute approximate surface area is 224 Å². The standard InChI is InChI=1S/C27H19F3N6O3S/c1-15-6-9-18(10-7-15)40(38,39)36-22-5-3-2-4-16(22)12-23(36)24(37)19-14-32-35(25(19)31)17-8-11-20-21(13-17)34-26(33-20)27(28,29)30/h2-14H,31H2,1H3,(H,33,34). The van der Waals surface area contributed by atoms with Gasteiger partial charge >= 0.3 is 6.18 Å². The van der Waals surface area contributed by atoms with Crippen molar-refractivity contribution >= 4 is 43.6 Å². The zero-order valence-corrected chi connectivity index (χ0v) is 21.5. The van der Waals surface area contributed by atoms with Gasteiger partial charge in [0.2, 0.25) is 11.6 Å². The highest BCUT2D eigenvalue weighted by atomic mass is 32.2. The van der Waals surface area contributed by atoms with Crippen LogP contribution < -0.4 is 5.73 Å².